The molecule has 3 N–H and O–H groups in total. The Labute approximate surface area is 146 Å². The first kappa shape index (κ1) is 17.4. The van der Waals surface area contributed by atoms with E-state index in [-0.39, 0.29) is 42.2 Å². The van der Waals surface area contributed by atoms with Gasteiger partial charge < -0.3 is 15.0 Å². The number of anilines is 1. The number of nitrogens with zero attached hydrogens (tertiary/aromatic N) is 1. The summed E-state index contributed by atoms with van der Waals surface area (Å²) in [7, 11) is 0. The molecule has 132 valence electrons. The van der Waals surface area contributed by atoms with Gasteiger partial charge in [0.05, 0.1) is 12.2 Å². The maximum Gasteiger partial charge on any atom is 0.246 e. The van der Waals surface area contributed by atoms with Gasteiger partial charge in [-0.15, -0.1) is 12.4 Å². The van der Waals surface area contributed by atoms with Gasteiger partial charge in [0.25, 0.3) is 0 Å². The number of halogens is 2. The van der Waals surface area contributed by atoms with Crippen LogP contribution in [0.1, 0.15) is 13.3 Å². The van der Waals surface area contributed by atoms with E-state index >= 15 is 0 Å². The van der Waals surface area contributed by atoms with Gasteiger partial charge in [0.15, 0.2) is 0 Å². The van der Waals surface area contributed by atoms with Crippen molar-refractivity contribution in [3.05, 3.63) is 24.0 Å². The molecule has 3 aliphatic rings. The fourth-order valence-corrected chi connectivity index (χ4v) is 3.75. The molecule has 2 fully saturated rings. The standard InChI is InChI=1S/C16H21FN4O2.ClH/c1-9-8-21(13-3-2-10(17)6-14(13)23-9)16(22)15-11-7-18-5-4-12(11)19-20-15;/h2-3,6,9,11-12,15,18-20H,4-5,7-8H2,1H3;1H. The van der Waals surface area contributed by atoms with Crippen LogP contribution in [0.2, 0.25) is 0 Å². The van der Waals surface area contributed by atoms with E-state index in [0.29, 0.717) is 24.0 Å². The van der Waals surface area contributed by atoms with Crippen LogP contribution in [0.25, 0.3) is 0 Å². The Morgan fingerprint density at radius 2 is 2.21 bits per heavy atom. The number of ether oxygens (including phenoxy) is 1. The van der Waals surface area contributed by atoms with Gasteiger partial charge in [0.1, 0.15) is 23.7 Å². The minimum Gasteiger partial charge on any atom is -0.487 e. The van der Waals surface area contributed by atoms with Crippen LogP contribution in [-0.2, 0) is 4.79 Å². The Balaban J connectivity index is 0.00000169. The number of benzene rings is 1. The van der Waals surface area contributed by atoms with Crippen molar-refractivity contribution in [1.29, 1.82) is 0 Å². The lowest BCUT2D eigenvalue weighted by Gasteiger charge is -2.36. The molecule has 0 radical (unpaired) electrons. The molecule has 0 spiro atoms. The van der Waals surface area contributed by atoms with Crippen molar-refractivity contribution in [3.8, 4) is 5.75 Å². The smallest absolute Gasteiger partial charge is 0.246 e. The highest BCUT2D eigenvalue weighted by Gasteiger charge is 2.44. The summed E-state index contributed by atoms with van der Waals surface area (Å²) in [5, 5.41) is 3.35. The van der Waals surface area contributed by atoms with Crippen LogP contribution in [0.5, 0.6) is 5.75 Å². The molecule has 1 amide bonds. The van der Waals surface area contributed by atoms with Crippen molar-refractivity contribution in [3.63, 3.8) is 0 Å². The third-order valence-electron chi connectivity index (χ3n) is 4.89. The third-order valence-corrected chi connectivity index (χ3v) is 4.89. The van der Waals surface area contributed by atoms with Gasteiger partial charge in [-0.25, -0.2) is 9.82 Å². The van der Waals surface area contributed by atoms with E-state index in [9.17, 15) is 9.18 Å². The highest BCUT2D eigenvalue weighted by atomic mass is 35.5. The molecular weight excluding hydrogens is 335 g/mol. The zero-order valence-corrected chi connectivity index (χ0v) is 14.2. The fourth-order valence-electron chi connectivity index (χ4n) is 3.75. The number of hydrazine groups is 1. The van der Waals surface area contributed by atoms with Crippen molar-refractivity contribution in [1.82, 2.24) is 16.2 Å². The molecule has 6 nitrogen and oxygen atoms in total. The molecule has 4 unspecified atom stereocenters. The summed E-state index contributed by atoms with van der Waals surface area (Å²) < 4.78 is 19.1. The number of carbonyl (C=O) groups excluding carboxylic acids is 1. The van der Waals surface area contributed by atoms with Crippen molar-refractivity contribution in [2.45, 2.75) is 31.5 Å². The van der Waals surface area contributed by atoms with Gasteiger partial charge in [-0.3, -0.25) is 10.2 Å². The van der Waals surface area contributed by atoms with E-state index in [4.69, 9.17) is 4.74 Å². The molecule has 0 aromatic heterocycles. The summed E-state index contributed by atoms with van der Waals surface area (Å²) in [5.74, 6) is 0.304. The van der Waals surface area contributed by atoms with Gasteiger partial charge in [0.2, 0.25) is 5.91 Å². The Morgan fingerprint density at radius 1 is 1.38 bits per heavy atom. The molecule has 4 rings (SSSR count). The molecule has 1 aromatic rings. The molecule has 1 aromatic carbocycles. The summed E-state index contributed by atoms with van der Waals surface area (Å²) >= 11 is 0. The van der Waals surface area contributed by atoms with Crippen LogP contribution in [0.4, 0.5) is 10.1 Å². The molecule has 0 saturated carbocycles. The summed E-state index contributed by atoms with van der Waals surface area (Å²) in [5.41, 5.74) is 7.04. The normalized spacial score (nSPS) is 31.5. The maximum atomic E-state index is 13.5. The predicted molar refractivity (Wildman–Crippen MR) is 90.9 cm³/mol. The first-order valence-corrected chi connectivity index (χ1v) is 8.13. The Kier molecular flexibility index (Phi) is 4.96. The largest absolute Gasteiger partial charge is 0.487 e. The Hall–Kier alpha value is -1.41. The predicted octanol–water partition coefficient (Wildman–Crippen LogP) is 0.816. The summed E-state index contributed by atoms with van der Waals surface area (Å²) in [6.07, 6.45) is 0.839. The highest BCUT2D eigenvalue weighted by molar-refractivity contribution is 5.99. The summed E-state index contributed by atoms with van der Waals surface area (Å²) in [6.45, 7) is 4.14. The van der Waals surface area contributed by atoms with Gasteiger partial charge >= 0.3 is 0 Å². The second kappa shape index (κ2) is 6.84. The minimum absolute atomic E-state index is 0. The zero-order valence-electron chi connectivity index (χ0n) is 13.4. The monoisotopic (exact) mass is 356 g/mol. The maximum absolute atomic E-state index is 13.5. The first-order valence-electron chi connectivity index (χ1n) is 8.13. The van der Waals surface area contributed by atoms with Crippen LogP contribution in [-0.4, -0.2) is 43.7 Å². The molecule has 4 atom stereocenters. The average Bonchev–Trinajstić information content (AvgIpc) is 2.97. The van der Waals surface area contributed by atoms with Gasteiger partial charge in [-0.2, -0.15) is 0 Å². The van der Waals surface area contributed by atoms with Crippen LogP contribution in [0.15, 0.2) is 18.2 Å². The van der Waals surface area contributed by atoms with Crippen molar-refractivity contribution < 1.29 is 13.9 Å². The molecule has 3 heterocycles. The fraction of sp³-hybridized carbons (Fsp3) is 0.562. The minimum atomic E-state index is -0.359. The second-order valence-electron chi connectivity index (χ2n) is 6.52. The molecule has 0 aliphatic carbocycles. The molecule has 0 bridgehead atoms. The van der Waals surface area contributed by atoms with Crippen molar-refractivity contribution >= 4 is 24.0 Å². The SMILES string of the molecule is CC1CN(C(=O)C2NNC3CCNCC32)c2ccc(F)cc2O1.Cl. The van der Waals surface area contributed by atoms with E-state index < -0.39 is 0 Å². The number of nitrogens with one attached hydrogen (secondary N) is 3. The van der Waals surface area contributed by atoms with Crippen LogP contribution >= 0.6 is 12.4 Å². The number of rotatable bonds is 1. The van der Waals surface area contributed by atoms with Gasteiger partial charge in [-0.05, 0) is 32.0 Å². The molecule has 3 aliphatic heterocycles. The Bertz CT molecular complexity index is 632. The number of carbonyl (C=O) groups is 1. The average molecular weight is 357 g/mol. The van der Waals surface area contributed by atoms with Crippen LogP contribution in [0, 0.1) is 11.7 Å². The Morgan fingerprint density at radius 3 is 3.04 bits per heavy atom. The zero-order chi connectivity index (χ0) is 16.0. The van der Waals surface area contributed by atoms with E-state index in [1.54, 1.807) is 11.0 Å². The quantitative estimate of drug-likeness (QED) is 0.695. The lowest BCUT2D eigenvalue weighted by atomic mass is 9.88. The van der Waals surface area contributed by atoms with E-state index in [2.05, 4.69) is 16.2 Å². The highest BCUT2D eigenvalue weighted by Crippen LogP contribution is 2.35. The topological polar surface area (TPSA) is 65.6 Å². The number of hydrogen-bond acceptors (Lipinski definition) is 5. The summed E-state index contributed by atoms with van der Waals surface area (Å²) in [4.78, 5) is 14.8. The van der Waals surface area contributed by atoms with Crippen molar-refractivity contribution in [2.24, 2.45) is 5.92 Å². The van der Waals surface area contributed by atoms with Gasteiger partial charge in [0, 0.05) is 24.6 Å². The lowest BCUT2D eigenvalue weighted by Crippen LogP contribution is -2.53. The lowest BCUT2D eigenvalue weighted by molar-refractivity contribution is -0.121. The van der Waals surface area contributed by atoms with Gasteiger partial charge in [-0.1, -0.05) is 0 Å². The third kappa shape index (κ3) is 2.97. The molecule has 8 heteroatoms. The van der Waals surface area contributed by atoms with E-state index in [0.717, 1.165) is 19.5 Å². The second-order valence-corrected chi connectivity index (χ2v) is 6.52. The van der Waals surface area contributed by atoms with Crippen LogP contribution in [0.3, 0.4) is 0 Å². The molecular formula is C16H22ClFN4O2. The van der Waals surface area contributed by atoms with E-state index in [1.807, 2.05) is 6.92 Å². The van der Waals surface area contributed by atoms with Crippen LogP contribution < -0.4 is 25.8 Å². The molecule has 24 heavy (non-hydrogen) atoms. The number of fused-ring (bicyclic) bond motifs is 2. The number of piperidine rings is 1. The molecule has 2 saturated heterocycles. The van der Waals surface area contributed by atoms with E-state index in [1.165, 1.54) is 12.1 Å². The first-order chi connectivity index (χ1) is 11.1. The van der Waals surface area contributed by atoms with Crippen molar-refractivity contribution in [2.75, 3.05) is 24.5 Å². The summed E-state index contributed by atoms with van der Waals surface area (Å²) in [6, 6.07) is 4.36. The number of amides is 1. The number of hydrogen-bond donors (Lipinski definition) is 3.